The molecule has 6 nitrogen and oxygen atoms in total. The van der Waals surface area contributed by atoms with Gasteiger partial charge in [0.05, 0.1) is 4.90 Å². The molecule has 1 aromatic carbocycles. The fraction of sp³-hybridized carbons (Fsp3) is 0. The zero-order chi connectivity index (χ0) is 13.3. The van der Waals surface area contributed by atoms with Crippen LogP contribution in [0.1, 0.15) is 10.5 Å². The van der Waals surface area contributed by atoms with Crippen molar-refractivity contribution in [1.29, 1.82) is 0 Å². The largest absolute Gasteiger partial charge is 0.476 e. The van der Waals surface area contributed by atoms with Gasteiger partial charge in [-0.2, -0.15) is 0 Å². The Morgan fingerprint density at radius 1 is 1.28 bits per heavy atom. The van der Waals surface area contributed by atoms with Crippen molar-refractivity contribution in [2.75, 3.05) is 0 Å². The number of hydrogen-bond acceptors (Lipinski definition) is 5. The highest BCUT2D eigenvalue weighted by Gasteiger charge is 2.11. The summed E-state index contributed by atoms with van der Waals surface area (Å²) < 4.78 is 22.1. The molecule has 2 aromatic rings. The van der Waals surface area contributed by atoms with E-state index in [2.05, 4.69) is 4.98 Å². The summed E-state index contributed by atoms with van der Waals surface area (Å²) in [4.78, 5) is 14.6. The number of primary sulfonamides is 1. The number of aromatic nitrogens is 1. The molecular weight excluding hydrogens is 276 g/mol. The van der Waals surface area contributed by atoms with E-state index in [4.69, 9.17) is 10.2 Å². The topological polar surface area (TPSA) is 110 Å². The van der Waals surface area contributed by atoms with Gasteiger partial charge in [-0.25, -0.2) is 23.3 Å². The molecule has 0 aliphatic rings. The number of rotatable bonds is 3. The number of thiazole rings is 1. The molecule has 0 bridgehead atoms. The molecule has 0 radical (unpaired) electrons. The SMILES string of the molecule is NS(=O)(=O)c1ccc(-c2nc(C(=O)O)cs2)cc1. The number of aromatic carboxylic acids is 1. The van der Waals surface area contributed by atoms with Crippen molar-refractivity contribution in [2.24, 2.45) is 5.14 Å². The molecule has 8 heteroatoms. The van der Waals surface area contributed by atoms with Gasteiger partial charge in [0.1, 0.15) is 5.01 Å². The Kier molecular flexibility index (Phi) is 3.16. The normalized spacial score (nSPS) is 11.4. The number of carbonyl (C=O) groups is 1. The highest BCUT2D eigenvalue weighted by atomic mass is 32.2. The van der Waals surface area contributed by atoms with Crippen molar-refractivity contribution < 1.29 is 18.3 Å². The second-order valence-corrected chi connectivity index (χ2v) is 5.83. The second-order valence-electron chi connectivity index (χ2n) is 3.41. The summed E-state index contributed by atoms with van der Waals surface area (Å²) in [6.45, 7) is 0. The summed E-state index contributed by atoms with van der Waals surface area (Å²) >= 11 is 1.17. The fourth-order valence-electron chi connectivity index (χ4n) is 1.29. The minimum Gasteiger partial charge on any atom is -0.476 e. The van der Waals surface area contributed by atoms with Gasteiger partial charge in [0, 0.05) is 10.9 Å². The fourth-order valence-corrected chi connectivity index (χ4v) is 2.61. The number of nitrogens with two attached hydrogens (primary N) is 1. The first-order valence-electron chi connectivity index (χ1n) is 4.70. The average Bonchev–Trinajstić information content (AvgIpc) is 2.77. The second kappa shape index (κ2) is 4.48. The zero-order valence-corrected chi connectivity index (χ0v) is 10.5. The predicted octanol–water partition coefficient (Wildman–Crippen LogP) is 1.16. The van der Waals surface area contributed by atoms with Gasteiger partial charge in [-0.15, -0.1) is 11.3 Å². The van der Waals surface area contributed by atoms with E-state index in [9.17, 15) is 13.2 Å². The minimum atomic E-state index is -3.72. The van der Waals surface area contributed by atoms with Gasteiger partial charge in [-0.3, -0.25) is 0 Å². The van der Waals surface area contributed by atoms with Crippen LogP contribution in [-0.2, 0) is 10.0 Å². The van der Waals surface area contributed by atoms with Crippen molar-refractivity contribution in [3.05, 3.63) is 35.3 Å². The number of carboxylic acids is 1. The van der Waals surface area contributed by atoms with Crippen LogP contribution in [0, 0.1) is 0 Å². The third kappa shape index (κ3) is 2.55. The summed E-state index contributed by atoms with van der Waals surface area (Å²) in [5.41, 5.74) is 0.602. The van der Waals surface area contributed by atoms with Gasteiger partial charge in [0.25, 0.3) is 0 Å². The van der Waals surface area contributed by atoms with Crippen LogP contribution in [0.4, 0.5) is 0 Å². The van der Waals surface area contributed by atoms with Crippen LogP contribution in [0.25, 0.3) is 10.6 Å². The van der Waals surface area contributed by atoms with E-state index in [1.54, 1.807) is 0 Å². The Morgan fingerprint density at radius 3 is 2.33 bits per heavy atom. The van der Waals surface area contributed by atoms with Crippen LogP contribution >= 0.6 is 11.3 Å². The maximum atomic E-state index is 11.1. The smallest absolute Gasteiger partial charge is 0.355 e. The minimum absolute atomic E-state index is 0.00117. The number of hydrogen-bond donors (Lipinski definition) is 2. The molecule has 1 heterocycles. The molecule has 0 fully saturated rings. The first-order valence-corrected chi connectivity index (χ1v) is 7.12. The summed E-state index contributed by atoms with van der Waals surface area (Å²) in [6, 6.07) is 5.77. The Hall–Kier alpha value is -1.77. The summed E-state index contributed by atoms with van der Waals surface area (Å²) in [6.07, 6.45) is 0. The van der Waals surface area contributed by atoms with Crippen molar-refractivity contribution in [3.63, 3.8) is 0 Å². The Balaban J connectivity index is 2.37. The maximum Gasteiger partial charge on any atom is 0.355 e. The highest BCUT2D eigenvalue weighted by Crippen LogP contribution is 2.24. The van der Waals surface area contributed by atoms with E-state index in [-0.39, 0.29) is 10.6 Å². The highest BCUT2D eigenvalue weighted by molar-refractivity contribution is 7.89. The first-order chi connectivity index (χ1) is 8.38. The van der Waals surface area contributed by atoms with E-state index in [1.165, 1.54) is 41.0 Å². The molecular formula is C10H8N2O4S2. The average molecular weight is 284 g/mol. The number of nitrogens with zero attached hydrogens (tertiary/aromatic N) is 1. The molecule has 18 heavy (non-hydrogen) atoms. The molecule has 0 aliphatic carbocycles. The molecule has 3 N–H and O–H groups in total. The molecule has 0 saturated heterocycles. The molecule has 0 amide bonds. The summed E-state index contributed by atoms with van der Waals surface area (Å²) in [5.74, 6) is -1.10. The lowest BCUT2D eigenvalue weighted by Crippen LogP contribution is -2.11. The van der Waals surface area contributed by atoms with Crippen LogP contribution in [0.3, 0.4) is 0 Å². The summed E-state index contributed by atoms with van der Waals surface area (Å²) in [5, 5.41) is 15.6. The molecule has 0 saturated carbocycles. The lowest BCUT2D eigenvalue weighted by atomic mass is 10.2. The first kappa shape index (κ1) is 12.7. The standard InChI is InChI=1S/C10H8N2O4S2/c11-18(15,16)7-3-1-6(2-4-7)9-12-8(5-17-9)10(13)14/h1-5H,(H,13,14)(H2,11,15,16). The van der Waals surface area contributed by atoms with Gasteiger partial charge in [0.2, 0.25) is 10.0 Å². The summed E-state index contributed by atoms with van der Waals surface area (Å²) in [7, 11) is -3.72. The molecule has 0 unspecified atom stereocenters. The van der Waals surface area contributed by atoms with Crippen LogP contribution in [0.15, 0.2) is 34.5 Å². The van der Waals surface area contributed by atoms with Crippen molar-refractivity contribution in [3.8, 4) is 10.6 Å². The van der Waals surface area contributed by atoms with E-state index in [0.29, 0.717) is 10.6 Å². The van der Waals surface area contributed by atoms with Crippen LogP contribution < -0.4 is 5.14 Å². The molecule has 2 rings (SSSR count). The van der Waals surface area contributed by atoms with Gasteiger partial charge >= 0.3 is 5.97 Å². The van der Waals surface area contributed by atoms with Crippen molar-refractivity contribution >= 4 is 27.3 Å². The van der Waals surface area contributed by atoms with Gasteiger partial charge in [-0.1, -0.05) is 12.1 Å². The number of benzene rings is 1. The van der Waals surface area contributed by atoms with Gasteiger partial charge in [-0.05, 0) is 12.1 Å². The molecule has 0 aliphatic heterocycles. The molecule has 0 atom stereocenters. The van der Waals surface area contributed by atoms with E-state index < -0.39 is 16.0 Å². The molecule has 94 valence electrons. The third-order valence-corrected chi connectivity index (χ3v) is 3.97. The van der Waals surface area contributed by atoms with Crippen molar-refractivity contribution in [1.82, 2.24) is 4.98 Å². The van der Waals surface area contributed by atoms with Crippen LogP contribution in [0.2, 0.25) is 0 Å². The maximum absolute atomic E-state index is 11.1. The third-order valence-electron chi connectivity index (χ3n) is 2.15. The lowest BCUT2D eigenvalue weighted by Gasteiger charge is -1.99. The van der Waals surface area contributed by atoms with E-state index >= 15 is 0 Å². The lowest BCUT2D eigenvalue weighted by molar-refractivity contribution is 0.0691. The number of sulfonamides is 1. The van der Waals surface area contributed by atoms with Gasteiger partial charge < -0.3 is 5.11 Å². The van der Waals surface area contributed by atoms with Crippen LogP contribution in [-0.4, -0.2) is 24.5 Å². The Labute approximate surface area is 107 Å². The number of carboxylic acid groups (broad SMARTS) is 1. The zero-order valence-electron chi connectivity index (χ0n) is 8.90. The Morgan fingerprint density at radius 2 is 1.89 bits per heavy atom. The van der Waals surface area contributed by atoms with Crippen molar-refractivity contribution in [2.45, 2.75) is 4.90 Å². The monoisotopic (exact) mass is 284 g/mol. The molecule has 0 spiro atoms. The van der Waals surface area contributed by atoms with E-state index in [0.717, 1.165) is 0 Å². The van der Waals surface area contributed by atoms with Crippen LogP contribution in [0.5, 0.6) is 0 Å². The molecule has 1 aromatic heterocycles. The van der Waals surface area contributed by atoms with E-state index in [1.807, 2.05) is 0 Å². The quantitative estimate of drug-likeness (QED) is 0.878. The van der Waals surface area contributed by atoms with Gasteiger partial charge in [0.15, 0.2) is 5.69 Å². The predicted molar refractivity (Wildman–Crippen MR) is 65.9 cm³/mol. The Bertz CT molecular complexity index is 689.